The molecule has 1 amide bonds. The number of fused-ring (bicyclic) bond motifs is 1. The van der Waals surface area contributed by atoms with E-state index in [4.69, 9.17) is 9.72 Å². The number of carbonyl (C=O) groups excluding carboxylic acids is 1. The summed E-state index contributed by atoms with van der Waals surface area (Å²) in [6.45, 7) is 1.93. The first kappa shape index (κ1) is 20.3. The molecule has 0 saturated carbocycles. The van der Waals surface area contributed by atoms with E-state index in [1.807, 2.05) is 61.5 Å². The van der Waals surface area contributed by atoms with Crippen LogP contribution in [0.5, 0.6) is 5.75 Å². The van der Waals surface area contributed by atoms with Crippen LogP contribution in [0.15, 0.2) is 77.7 Å². The highest BCUT2D eigenvalue weighted by Gasteiger charge is 2.25. The second-order valence-corrected chi connectivity index (χ2v) is 7.14. The summed E-state index contributed by atoms with van der Waals surface area (Å²) in [5.74, 6) is 0.0851. The van der Waals surface area contributed by atoms with Gasteiger partial charge >= 0.3 is 0 Å². The lowest BCUT2D eigenvalue weighted by molar-refractivity contribution is 0.0934. The second-order valence-electron chi connectivity index (χ2n) is 7.14. The molecule has 2 aromatic heterocycles. The van der Waals surface area contributed by atoms with Gasteiger partial charge in [0.15, 0.2) is 5.75 Å². The minimum absolute atomic E-state index is 0.217. The quantitative estimate of drug-likeness (QED) is 0.488. The number of carbonyl (C=O) groups is 1. The molecule has 6 heteroatoms. The summed E-state index contributed by atoms with van der Waals surface area (Å²) in [5.41, 5.74) is 2.84. The minimum atomic E-state index is -0.436. The maximum Gasteiger partial charge on any atom is 0.256 e. The van der Waals surface area contributed by atoms with Gasteiger partial charge in [0.1, 0.15) is 5.69 Å². The standard InChI is InChI=1S/C25H23N3O3/c1-3-19(18-13-9-15-26-24(18)29)28-25(30)21-17-12-7-8-14-20(17)27-22(23(21)31-2)16-10-5-4-6-11-16/h4-15,19H,3H2,1-2H3,(H,26,29)(H,28,30). The van der Waals surface area contributed by atoms with Crippen molar-refractivity contribution in [1.29, 1.82) is 0 Å². The maximum absolute atomic E-state index is 13.5. The van der Waals surface area contributed by atoms with Crippen LogP contribution in [-0.4, -0.2) is 23.0 Å². The van der Waals surface area contributed by atoms with Gasteiger partial charge in [-0.15, -0.1) is 0 Å². The summed E-state index contributed by atoms with van der Waals surface area (Å²) < 4.78 is 5.71. The largest absolute Gasteiger partial charge is 0.494 e. The van der Waals surface area contributed by atoms with E-state index in [0.29, 0.717) is 39.9 Å². The number of nitrogens with zero attached hydrogens (tertiary/aromatic N) is 1. The predicted octanol–water partition coefficient (Wildman–Crippen LogP) is 4.48. The van der Waals surface area contributed by atoms with Crippen molar-refractivity contribution >= 4 is 16.8 Å². The van der Waals surface area contributed by atoms with Crippen molar-refractivity contribution in [3.8, 4) is 17.0 Å². The molecule has 0 fully saturated rings. The van der Waals surface area contributed by atoms with Crippen LogP contribution in [0.3, 0.4) is 0 Å². The van der Waals surface area contributed by atoms with Crippen LogP contribution in [0.4, 0.5) is 0 Å². The van der Waals surface area contributed by atoms with Gasteiger partial charge in [-0.1, -0.05) is 61.5 Å². The van der Waals surface area contributed by atoms with Gasteiger partial charge in [-0.2, -0.15) is 0 Å². The molecule has 31 heavy (non-hydrogen) atoms. The number of hydrogen-bond donors (Lipinski definition) is 2. The molecule has 4 aromatic rings. The molecule has 0 aliphatic rings. The van der Waals surface area contributed by atoms with Gasteiger partial charge in [0, 0.05) is 22.7 Å². The molecule has 1 atom stereocenters. The molecule has 2 N–H and O–H groups in total. The smallest absolute Gasteiger partial charge is 0.256 e. The third-order valence-electron chi connectivity index (χ3n) is 5.26. The molecule has 6 nitrogen and oxygen atoms in total. The van der Waals surface area contributed by atoms with Crippen LogP contribution in [0, 0.1) is 0 Å². The summed E-state index contributed by atoms with van der Waals surface area (Å²) in [6, 6.07) is 20.1. The summed E-state index contributed by atoms with van der Waals surface area (Å²) >= 11 is 0. The van der Waals surface area contributed by atoms with Crippen molar-refractivity contribution < 1.29 is 9.53 Å². The molecule has 0 saturated heterocycles. The highest BCUT2D eigenvalue weighted by Crippen LogP contribution is 2.36. The Morgan fingerprint density at radius 1 is 1.06 bits per heavy atom. The van der Waals surface area contributed by atoms with Crippen molar-refractivity contribution in [2.45, 2.75) is 19.4 Å². The molecular weight excluding hydrogens is 390 g/mol. The summed E-state index contributed by atoms with van der Waals surface area (Å²) in [4.78, 5) is 33.3. The first-order valence-electron chi connectivity index (χ1n) is 10.1. The number of para-hydroxylation sites is 1. The summed E-state index contributed by atoms with van der Waals surface area (Å²) in [5, 5.41) is 3.71. The maximum atomic E-state index is 13.5. The van der Waals surface area contributed by atoms with Crippen molar-refractivity contribution in [2.24, 2.45) is 0 Å². The fourth-order valence-electron chi connectivity index (χ4n) is 3.75. The van der Waals surface area contributed by atoms with E-state index in [2.05, 4.69) is 10.3 Å². The molecule has 0 radical (unpaired) electrons. The number of amides is 1. The number of hydrogen-bond acceptors (Lipinski definition) is 4. The van der Waals surface area contributed by atoms with Crippen LogP contribution in [0.1, 0.15) is 35.3 Å². The summed E-state index contributed by atoms with van der Waals surface area (Å²) in [7, 11) is 1.54. The Kier molecular flexibility index (Phi) is 5.80. The Hall–Kier alpha value is -3.93. The van der Waals surface area contributed by atoms with E-state index in [9.17, 15) is 9.59 Å². The fourth-order valence-corrected chi connectivity index (χ4v) is 3.75. The van der Waals surface area contributed by atoms with Crippen molar-refractivity contribution in [2.75, 3.05) is 7.11 Å². The van der Waals surface area contributed by atoms with Gasteiger partial charge < -0.3 is 15.0 Å². The Morgan fingerprint density at radius 3 is 2.52 bits per heavy atom. The van der Waals surface area contributed by atoms with Gasteiger partial charge in [0.05, 0.1) is 24.2 Å². The molecule has 2 aromatic carbocycles. The first-order valence-corrected chi connectivity index (χ1v) is 10.1. The molecule has 0 bridgehead atoms. The lowest BCUT2D eigenvalue weighted by Gasteiger charge is -2.20. The average molecular weight is 413 g/mol. The van der Waals surface area contributed by atoms with E-state index < -0.39 is 6.04 Å². The normalized spacial score (nSPS) is 11.8. The number of benzene rings is 2. The van der Waals surface area contributed by atoms with E-state index >= 15 is 0 Å². The van der Waals surface area contributed by atoms with Crippen LogP contribution in [0.25, 0.3) is 22.2 Å². The highest BCUT2D eigenvalue weighted by atomic mass is 16.5. The van der Waals surface area contributed by atoms with E-state index in [0.717, 1.165) is 5.56 Å². The number of nitrogens with one attached hydrogen (secondary N) is 2. The van der Waals surface area contributed by atoms with E-state index in [1.54, 1.807) is 18.3 Å². The number of aromatic amines is 1. The number of ether oxygens (including phenoxy) is 1. The van der Waals surface area contributed by atoms with Crippen molar-refractivity contribution in [3.05, 3.63) is 94.4 Å². The van der Waals surface area contributed by atoms with Gasteiger partial charge in [0.2, 0.25) is 0 Å². The molecule has 0 spiro atoms. The van der Waals surface area contributed by atoms with E-state index in [-0.39, 0.29) is 11.5 Å². The molecule has 0 aliphatic carbocycles. The molecule has 1 unspecified atom stereocenters. The lowest BCUT2D eigenvalue weighted by Crippen LogP contribution is -2.32. The zero-order valence-electron chi connectivity index (χ0n) is 17.4. The SMILES string of the molecule is CCC(NC(=O)c1c(OC)c(-c2ccccc2)nc2ccccc12)c1ccc[nH]c1=O. The number of aromatic nitrogens is 2. The molecule has 4 rings (SSSR count). The number of methoxy groups -OCH3 is 1. The van der Waals surface area contributed by atoms with Crippen LogP contribution >= 0.6 is 0 Å². The number of rotatable bonds is 6. The number of H-pyrrole nitrogens is 1. The van der Waals surface area contributed by atoms with Crippen LogP contribution in [0.2, 0.25) is 0 Å². The lowest BCUT2D eigenvalue weighted by atomic mass is 10.0. The Bertz CT molecular complexity index is 1280. The molecule has 0 aliphatic heterocycles. The third-order valence-corrected chi connectivity index (χ3v) is 5.26. The molecule has 156 valence electrons. The summed E-state index contributed by atoms with van der Waals surface area (Å²) in [6.07, 6.45) is 2.14. The van der Waals surface area contributed by atoms with Gasteiger partial charge in [-0.25, -0.2) is 4.98 Å². The zero-order chi connectivity index (χ0) is 21.8. The fraction of sp³-hybridized carbons (Fsp3) is 0.160. The van der Waals surface area contributed by atoms with E-state index in [1.165, 1.54) is 7.11 Å². The minimum Gasteiger partial charge on any atom is -0.494 e. The van der Waals surface area contributed by atoms with Crippen LogP contribution in [-0.2, 0) is 0 Å². The van der Waals surface area contributed by atoms with Crippen molar-refractivity contribution in [1.82, 2.24) is 15.3 Å². The molecular formula is C25H23N3O3. The van der Waals surface area contributed by atoms with Gasteiger partial charge in [-0.05, 0) is 18.6 Å². The van der Waals surface area contributed by atoms with Crippen molar-refractivity contribution in [3.63, 3.8) is 0 Å². The molecule has 2 heterocycles. The van der Waals surface area contributed by atoms with Gasteiger partial charge in [-0.3, -0.25) is 9.59 Å². The predicted molar refractivity (Wildman–Crippen MR) is 121 cm³/mol. The topological polar surface area (TPSA) is 84.1 Å². The Morgan fingerprint density at radius 2 is 1.81 bits per heavy atom. The Balaban J connectivity index is 1.87. The van der Waals surface area contributed by atoms with Gasteiger partial charge in [0.25, 0.3) is 11.5 Å². The highest BCUT2D eigenvalue weighted by molar-refractivity contribution is 6.10. The first-order chi connectivity index (χ1) is 15.1. The monoisotopic (exact) mass is 413 g/mol. The number of pyridine rings is 2. The third kappa shape index (κ3) is 3.92. The average Bonchev–Trinajstić information content (AvgIpc) is 2.82. The second kappa shape index (κ2) is 8.83. The van der Waals surface area contributed by atoms with Crippen LogP contribution < -0.4 is 15.6 Å². The zero-order valence-corrected chi connectivity index (χ0v) is 17.4. The Labute approximate surface area is 179 Å².